The Labute approximate surface area is 212 Å². The molecule has 0 heterocycles. The molecule has 3 rings (SSSR count). The Morgan fingerprint density at radius 1 is 0.914 bits per heavy atom. The molecular formula is C24H19BrClF3O6. The smallest absolute Gasteiger partial charge is 0.340 e. The fourth-order valence-corrected chi connectivity index (χ4v) is 3.56. The molecule has 0 aliphatic carbocycles. The third-order valence-electron chi connectivity index (χ3n) is 4.63. The lowest BCUT2D eigenvalue weighted by atomic mass is 10.0. The molecule has 0 saturated carbocycles. The molecular weight excluding hydrogens is 557 g/mol. The number of benzene rings is 3. The highest BCUT2D eigenvalue weighted by molar-refractivity contribution is 9.10. The summed E-state index contributed by atoms with van der Waals surface area (Å²) in [5.74, 6) is -3.84. The van der Waals surface area contributed by atoms with Crippen molar-refractivity contribution in [2.24, 2.45) is 0 Å². The van der Waals surface area contributed by atoms with Crippen molar-refractivity contribution < 1.29 is 42.1 Å². The molecule has 0 bridgehead atoms. The average Bonchev–Trinajstić information content (AvgIpc) is 2.84. The summed E-state index contributed by atoms with van der Waals surface area (Å²) >= 11 is 8.82. The molecule has 0 unspecified atom stereocenters. The van der Waals surface area contributed by atoms with Crippen LogP contribution in [0.2, 0.25) is 5.02 Å². The molecule has 35 heavy (non-hydrogen) atoms. The van der Waals surface area contributed by atoms with E-state index in [1.807, 2.05) is 0 Å². The van der Waals surface area contributed by atoms with Crippen LogP contribution in [0.1, 0.15) is 31.8 Å². The summed E-state index contributed by atoms with van der Waals surface area (Å²) in [5, 5.41) is 9.69. The topological polar surface area (TPSA) is 82.1 Å². The number of hydrogen-bond donors (Lipinski definition) is 1. The second-order valence-electron chi connectivity index (χ2n) is 6.80. The summed E-state index contributed by atoms with van der Waals surface area (Å²) in [5.41, 5.74) is -0.0360. The first-order chi connectivity index (χ1) is 16.5. The van der Waals surface area contributed by atoms with E-state index < -0.39 is 29.4 Å². The van der Waals surface area contributed by atoms with Gasteiger partial charge in [-0.3, -0.25) is 0 Å². The van der Waals surface area contributed by atoms with E-state index in [-0.39, 0.29) is 39.4 Å². The highest BCUT2D eigenvalue weighted by Crippen LogP contribution is 2.29. The van der Waals surface area contributed by atoms with Gasteiger partial charge >= 0.3 is 11.9 Å². The van der Waals surface area contributed by atoms with Crippen LogP contribution in [0.3, 0.4) is 0 Å². The molecule has 0 aliphatic heterocycles. The molecule has 0 saturated heterocycles. The first-order valence-corrected chi connectivity index (χ1v) is 10.8. The van der Waals surface area contributed by atoms with E-state index in [0.717, 1.165) is 25.3 Å². The zero-order valence-corrected chi connectivity index (χ0v) is 21.0. The molecule has 186 valence electrons. The van der Waals surface area contributed by atoms with Gasteiger partial charge in [0.25, 0.3) is 0 Å². The third-order valence-corrected chi connectivity index (χ3v) is 5.54. The maximum absolute atomic E-state index is 13.8. The summed E-state index contributed by atoms with van der Waals surface area (Å²) in [6, 6.07) is 8.81. The second-order valence-corrected chi connectivity index (χ2v) is 8.06. The fraction of sp³-hybridized carbons (Fsp3) is 0.167. The minimum atomic E-state index is -0.908. The average molecular weight is 576 g/mol. The lowest BCUT2D eigenvalue weighted by molar-refractivity contribution is 0.0586. The summed E-state index contributed by atoms with van der Waals surface area (Å²) in [7, 11) is 3.72. The van der Waals surface area contributed by atoms with E-state index >= 15 is 0 Å². The van der Waals surface area contributed by atoms with Crippen molar-refractivity contribution in [1.29, 1.82) is 0 Å². The van der Waals surface area contributed by atoms with Crippen molar-refractivity contribution >= 4 is 39.5 Å². The number of carbonyl (C=O) groups is 2. The zero-order chi connectivity index (χ0) is 26.3. The number of rotatable bonds is 5. The second kappa shape index (κ2) is 12.5. The molecule has 1 N–H and O–H groups in total. The number of phenols is 1. The van der Waals surface area contributed by atoms with Crippen molar-refractivity contribution in [3.8, 4) is 11.5 Å². The van der Waals surface area contributed by atoms with Crippen LogP contribution in [-0.2, 0) is 15.9 Å². The van der Waals surface area contributed by atoms with Crippen molar-refractivity contribution in [2.75, 3.05) is 21.3 Å². The number of ether oxygens (including phenoxy) is 3. The van der Waals surface area contributed by atoms with Gasteiger partial charge in [0.05, 0.1) is 42.0 Å². The Morgan fingerprint density at radius 3 is 2.06 bits per heavy atom. The number of phenolic OH excluding ortho intramolecular Hbond substituents is 1. The van der Waals surface area contributed by atoms with E-state index in [2.05, 4.69) is 25.4 Å². The van der Waals surface area contributed by atoms with Crippen LogP contribution >= 0.6 is 27.5 Å². The van der Waals surface area contributed by atoms with Crippen molar-refractivity contribution in [3.05, 3.63) is 91.7 Å². The van der Waals surface area contributed by atoms with Crippen molar-refractivity contribution in [1.82, 2.24) is 0 Å². The first kappa shape index (κ1) is 28.0. The van der Waals surface area contributed by atoms with Crippen LogP contribution in [0.5, 0.6) is 11.5 Å². The fourth-order valence-electron chi connectivity index (χ4n) is 2.86. The lowest BCUT2D eigenvalue weighted by Crippen LogP contribution is -2.06. The van der Waals surface area contributed by atoms with Gasteiger partial charge in [-0.1, -0.05) is 23.7 Å². The molecule has 0 amide bonds. The lowest BCUT2D eigenvalue weighted by Gasteiger charge is -2.09. The minimum absolute atomic E-state index is 0.0392. The van der Waals surface area contributed by atoms with Gasteiger partial charge < -0.3 is 19.3 Å². The molecule has 0 aromatic heterocycles. The Morgan fingerprint density at radius 2 is 1.49 bits per heavy atom. The van der Waals surface area contributed by atoms with Crippen molar-refractivity contribution in [3.63, 3.8) is 0 Å². The van der Waals surface area contributed by atoms with Crippen LogP contribution in [0.15, 0.2) is 46.9 Å². The summed E-state index contributed by atoms with van der Waals surface area (Å²) in [4.78, 5) is 22.5. The van der Waals surface area contributed by atoms with E-state index in [1.165, 1.54) is 32.4 Å². The molecule has 0 radical (unpaired) electrons. The van der Waals surface area contributed by atoms with Crippen LogP contribution in [0.25, 0.3) is 0 Å². The SMILES string of the molecule is COC(=O)c1cc(Br)c(OC)cc1F.COC(=O)c1cc(Cc2cccc(Cl)c2F)c(O)cc1F. The molecule has 0 fully saturated rings. The van der Waals surface area contributed by atoms with Crippen LogP contribution in [-0.4, -0.2) is 38.4 Å². The Kier molecular flexibility index (Phi) is 9.97. The van der Waals surface area contributed by atoms with Gasteiger partial charge in [0, 0.05) is 18.6 Å². The highest BCUT2D eigenvalue weighted by Gasteiger charge is 2.18. The predicted molar refractivity (Wildman–Crippen MR) is 126 cm³/mol. The van der Waals surface area contributed by atoms with Gasteiger partial charge in [0.15, 0.2) is 0 Å². The van der Waals surface area contributed by atoms with E-state index in [9.17, 15) is 27.9 Å². The molecule has 3 aromatic rings. The molecule has 0 aliphatic rings. The van der Waals surface area contributed by atoms with Gasteiger partial charge in [-0.05, 0) is 45.3 Å². The number of methoxy groups -OCH3 is 3. The molecule has 0 spiro atoms. The van der Waals surface area contributed by atoms with Gasteiger partial charge in [-0.25, -0.2) is 22.8 Å². The number of esters is 2. The maximum atomic E-state index is 13.8. The highest BCUT2D eigenvalue weighted by atomic mass is 79.9. The minimum Gasteiger partial charge on any atom is -0.508 e. The molecule has 6 nitrogen and oxygen atoms in total. The monoisotopic (exact) mass is 574 g/mol. The van der Waals surface area contributed by atoms with Crippen molar-refractivity contribution in [2.45, 2.75) is 6.42 Å². The summed E-state index contributed by atoms with van der Waals surface area (Å²) in [6.45, 7) is 0. The van der Waals surface area contributed by atoms with Crippen LogP contribution in [0.4, 0.5) is 13.2 Å². The first-order valence-electron chi connectivity index (χ1n) is 9.67. The van der Waals surface area contributed by atoms with Gasteiger partial charge in [0.1, 0.15) is 29.0 Å². The van der Waals surface area contributed by atoms with Crippen LogP contribution in [0, 0.1) is 17.5 Å². The van der Waals surface area contributed by atoms with E-state index in [4.69, 9.17) is 16.3 Å². The van der Waals surface area contributed by atoms with Gasteiger partial charge in [0.2, 0.25) is 0 Å². The standard InChI is InChI=1S/C15H11ClF2O3.C9H8BrFO3/c1-21-15(20)10-6-9(13(19)7-12(10)17)5-8-3-2-4-11(16)14(8)18;1-13-8-4-7(11)5(3-6(8)10)9(12)14-2/h2-4,6-7,19H,5H2,1H3;3-4H,1-2H3. The Bertz CT molecular complexity index is 1250. The maximum Gasteiger partial charge on any atom is 0.340 e. The molecule has 11 heteroatoms. The summed E-state index contributed by atoms with van der Waals surface area (Å²) < 4.78 is 54.9. The quantitative estimate of drug-likeness (QED) is 0.371. The van der Waals surface area contributed by atoms with Gasteiger partial charge in [-0.2, -0.15) is 0 Å². The number of carbonyl (C=O) groups excluding carboxylic acids is 2. The number of aromatic hydroxyl groups is 1. The van der Waals surface area contributed by atoms with Crippen LogP contribution < -0.4 is 4.74 Å². The number of halogens is 5. The Balaban J connectivity index is 0.000000269. The van der Waals surface area contributed by atoms with Gasteiger partial charge in [-0.15, -0.1) is 0 Å². The van der Waals surface area contributed by atoms with E-state index in [0.29, 0.717) is 10.2 Å². The zero-order valence-electron chi connectivity index (χ0n) is 18.6. The third kappa shape index (κ3) is 6.89. The predicted octanol–water partition coefficient (Wildman–Crippen LogP) is 6.08. The Hall–Kier alpha value is -3.24. The largest absolute Gasteiger partial charge is 0.508 e. The number of hydrogen-bond acceptors (Lipinski definition) is 6. The molecule has 0 atom stereocenters. The normalized spacial score (nSPS) is 10.2. The van der Waals surface area contributed by atoms with E-state index in [1.54, 1.807) is 6.07 Å². The molecule has 3 aromatic carbocycles. The summed E-state index contributed by atoms with van der Waals surface area (Å²) in [6.07, 6.45) is -0.0392.